The van der Waals surface area contributed by atoms with Gasteiger partial charge in [-0.2, -0.15) is 9.46 Å². The van der Waals surface area contributed by atoms with Crippen molar-refractivity contribution in [1.82, 2.24) is 14.5 Å². The minimum absolute atomic E-state index is 0.0714. The topological polar surface area (TPSA) is 118 Å². The van der Waals surface area contributed by atoms with Crippen LogP contribution in [0, 0.1) is 5.82 Å². The second kappa shape index (κ2) is 11.3. The number of fused-ring (bicyclic) bond motifs is 3. The molecule has 3 N–H and O–H groups in total. The predicted octanol–water partition coefficient (Wildman–Crippen LogP) is 5.92. The maximum absolute atomic E-state index is 15.8. The first-order chi connectivity index (χ1) is 23.2. The van der Waals surface area contributed by atoms with Crippen molar-refractivity contribution in [3.05, 3.63) is 142 Å². The van der Waals surface area contributed by atoms with Gasteiger partial charge in [0.05, 0.1) is 19.3 Å². The Morgan fingerprint density at radius 1 is 0.917 bits per heavy atom. The lowest BCUT2D eigenvalue weighted by Gasteiger charge is -2.34. The van der Waals surface area contributed by atoms with E-state index in [-0.39, 0.29) is 29.7 Å². The van der Waals surface area contributed by atoms with E-state index in [0.29, 0.717) is 42.5 Å². The SMILES string of the molecule is C[C@]1(CO)Cn2ncc(S(=O)(=NC(c3ccccc3)(c3ccccc3)c3ccccc3)NC(=O)Nc3c4c(c(F)c5c3CC5)CC4)c2O1. The van der Waals surface area contributed by atoms with Crippen LogP contribution in [0.1, 0.15) is 45.9 Å². The van der Waals surface area contributed by atoms with Crippen LogP contribution >= 0.6 is 0 Å². The number of benzene rings is 4. The Hall–Kier alpha value is -5.00. The number of amides is 2. The van der Waals surface area contributed by atoms with E-state index in [9.17, 15) is 14.3 Å². The van der Waals surface area contributed by atoms with Gasteiger partial charge in [0.15, 0.2) is 15.5 Å². The lowest BCUT2D eigenvalue weighted by molar-refractivity contribution is 0.0399. The fraction of sp³-hybridized carbons (Fsp3) is 0.243. The van der Waals surface area contributed by atoms with Gasteiger partial charge in [-0.25, -0.2) is 22.8 Å². The molecule has 8 rings (SSSR count). The summed E-state index contributed by atoms with van der Waals surface area (Å²) in [6.07, 6.45) is 3.95. The van der Waals surface area contributed by atoms with Gasteiger partial charge >= 0.3 is 6.03 Å². The Labute approximate surface area is 278 Å². The van der Waals surface area contributed by atoms with Gasteiger partial charge in [0, 0.05) is 5.69 Å². The highest BCUT2D eigenvalue weighted by atomic mass is 32.2. The van der Waals surface area contributed by atoms with Gasteiger partial charge in [-0.3, -0.25) is 0 Å². The van der Waals surface area contributed by atoms with Crippen LogP contribution in [0.15, 0.2) is 106 Å². The van der Waals surface area contributed by atoms with Gasteiger partial charge in [0.25, 0.3) is 0 Å². The first kappa shape index (κ1) is 30.3. The summed E-state index contributed by atoms with van der Waals surface area (Å²) in [6.45, 7) is 1.65. The molecule has 2 amide bonds. The number of hydrogen-bond acceptors (Lipinski definition) is 6. The van der Waals surface area contributed by atoms with Crippen LogP contribution in [-0.4, -0.2) is 37.3 Å². The zero-order chi connectivity index (χ0) is 33.1. The zero-order valence-corrected chi connectivity index (χ0v) is 27.1. The van der Waals surface area contributed by atoms with Gasteiger partial charge < -0.3 is 15.2 Å². The number of urea groups is 1. The van der Waals surface area contributed by atoms with Crippen molar-refractivity contribution >= 4 is 21.6 Å². The number of rotatable bonds is 8. The molecule has 5 aromatic rings. The van der Waals surface area contributed by atoms with Gasteiger partial charge in [0.2, 0.25) is 5.88 Å². The number of aromatic nitrogens is 2. The molecule has 4 aromatic carbocycles. The third-order valence-electron chi connectivity index (χ3n) is 9.64. The van der Waals surface area contributed by atoms with Crippen LogP contribution in [0.2, 0.25) is 0 Å². The molecule has 0 bridgehead atoms. The van der Waals surface area contributed by atoms with E-state index < -0.39 is 27.1 Å². The third kappa shape index (κ3) is 4.71. The summed E-state index contributed by atoms with van der Waals surface area (Å²) in [5.41, 5.74) is 3.22. The smallest absolute Gasteiger partial charge is 0.331 e. The first-order valence-electron chi connectivity index (χ1n) is 16.0. The number of aliphatic hydroxyl groups excluding tert-OH is 1. The summed E-state index contributed by atoms with van der Waals surface area (Å²) in [6, 6.07) is 27.8. The van der Waals surface area contributed by atoms with Crippen LogP contribution in [0.3, 0.4) is 0 Å². The molecule has 48 heavy (non-hydrogen) atoms. The van der Waals surface area contributed by atoms with Crippen LogP contribution in [0.25, 0.3) is 0 Å². The van der Waals surface area contributed by atoms with Crippen LogP contribution in [0.4, 0.5) is 14.9 Å². The summed E-state index contributed by atoms with van der Waals surface area (Å²) in [5.74, 6) is -0.0150. The summed E-state index contributed by atoms with van der Waals surface area (Å²) in [4.78, 5) is 14.2. The van der Waals surface area contributed by atoms with Crippen molar-refractivity contribution in [2.75, 3.05) is 11.9 Å². The lowest BCUT2D eigenvalue weighted by atomic mass is 9.76. The summed E-state index contributed by atoms with van der Waals surface area (Å²) in [5, 5.41) is 17.5. The molecule has 1 aromatic heterocycles. The summed E-state index contributed by atoms with van der Waals surface area (Å²) in [7, 11) is -3.95. The number of aliphatic hydroxyl groups is 1. The van der Waals surface area contributed by atoms with E-state index in [1.807, 2.05) is 91.0 Å². The number of halogens is 1. The van der Waals surface area contributed by atoms with Gasteiger partial charge in [0.1, 0.15) is 16.3 Å². The highest BCUT2D eigenvalue weighted by molar-refractivity contribution is 7.92. The van der Waals surface area contributed by atoms with Crippen LogP contribution in [0.5, 0.6) is 5.88 Å². The Kier molecular flexibility index (Phi) is 7.15. The average Bonchev–Trinajstić information content (AvgIpc) is 3.60. The molecular weight excluding hydrogens is 630 g/mol. The molecule has 0 fully saturated rings. The molecule has 3 aliphatic rings. The van der Waals surface area contributed by atoms with Crippen molar-refractivity contribution < 1.29 is 23.2 Å². The largest absolute Gasteiger partial charge is 0.466 e. The molecule has 0 saturated carbocycles. The number of anilines is 1. The fourth-order valence-corrected chi connectivity index (χ4v) is 8.84. The van der Waals surface area contributed by atoms with Crippen LogP contribution in [-0.2, 0) is 47.7 Å². The minimum Gasteiger partial charge on any atom is -0.466 e. The fourth-order valence-electron chi connectivity index (χ4n) is 7.01. The van der Waals surface area contributed by atoms with Gasteiger partial charge in [-0.05, 0) is 71.6 Å². The first-order valence-corrected chi connectivity index (χ1v) is 17.5. The number of nitrogens with one attached hydrogen (secondary N) is 2. The summed E-state index contributed by atoms with van der Waals surface area (Å²) < 4.78 is 46.6. The number of carbonyl (C=O) groups is 1. The van der Waals surface area contributed by atoms with E-state index in [1.54, 1.807) is 6.92 Å². The molecule has 2 heterocycles. The zero-order valence-electron chi connectivity index (χ0n) is 26.3. The standard InChI is InChI=1S/C37H34FN5O4S/c1-36(23-44)22-43-34(47-36)31(21-39-43)48(46,41-35(45)40-33-29-19-17-27(29)32(38)28-18-20-30(28)33)42-37(24-11-5-2-6-12-24,25-13-7-3-8-14-25)26-15-9-4-10-16-26/h2-16,21,44H,17-20,22-23H2,1H3,(H2,40,41,42,45,46)/t36-,48?/m1/s1. The maximum Gasteiger partial charge on any atom is 0.331 e. The highest BCUT2D eigenvalue weighted by Gasteiger charge is 2.43. The maximum atomic E-state index is 15.8. The predicted molar refractivity (Wildman–Crippen MR) is 180 cm³/mol. The summed E-state index contributed by atoms with van der Waals surface area (Å²) >= 11 is 0. The minimum atomic E-state index is -3.95. The number of ether oxygens (including phenoxy) is 1. The van der Waals surface area contributed by atoms with Crippen LogP contribution < -0.4 is 14.8 Å². The van der Waals surface area contributed by atoms with Crippen molar-refractivity contribution in [3.63, 3.8) is 0 Å². The molecule has 0 radical (unpaired) electrons. The van der Waals surface area contributed by atoms with Crippen molar-refractivity contribution in [2.45, 2.75) is 55.2 Å². The quantitative estimate of drug-likeness (QED) is 0.178. The Bertz CT molecular complexity index is 2050. The molecule has 9 nitrogen and oxygen atoms in total. The number of carbonyl (C=O) groups excluding carboxylic acids is 1. The van der Waals surface area contributed by atoms with Gasteiger partial charge in [-0.1, -0.05) is 91.0 Å². The average molecular weight is 664 g/mol. The van der Waals surface area contributed by atoms with E-state index in [0.717, 1.165) is 27.8 Å². The van der Waals surface area contributed by atoms with Crippen molar-refractivity contribution in [3.8, 4) is 5.88 Å². The number of nitrogens with zero attached hydrogens (tertiary/aromatic N) is 3. The molecular formula is C37H34FN5O4S. The molecule has 2 atom stereocenters. The third-order valence-corrected chi connectivity index (χ3v) is 11.5. The van der Waals surface area contributed by atoms with E-state index >= 15 is 4.21 Å². The van der Waals surface area contributed by atoms with Crippen molar-refractivity contribution in [2.24, 2.45) is 4.36 Å². The lowest BCUT2D eigenvalue weighted by Crippen LogP contribution is -2.39. The molecule has 0 spiro atoms. The molecule has 1 aliphatic heterocycles. The Morgan fingerprint density at radius 3 is 1.88 bits per heavy atom. The number of hydrogen-bond donors (Lipinski definition) is 3. The second-order valence-corrected chi connectivity index (χ2v) is 14.6. The molecule has 0 saturated heterocycles. The normalized spacial score (nSPS) is 18.6. The Morgan fingerprint density at radius 2 is 1.42 bits per heavy atom. The Balaban J connectivity index is 1.35. The second-order valence-electron chi connectivity index (χ2n) is 12.8. The van der Waals surface area contributed by atoms with E-state index in [4.69, 9.17) is 9.10 Å². The monoisotopic (exact) mass is 663 g/mol. The van der Waals surface area contributed by atoms with Gasteiger partial charge in [-0.15, -0.1) is 0 Å². The molecule has 244 valence electrons. The highest BCUT2D eigenvalue weighted by Crippen LogP contribution is 2.45. The van der Waals surface area contributed by atoms with Crippen molar-refractivity contribution in [1.29, 1.82) is 0 Å². The molecule has 1 unspecified atom stereocenters. The van der Waals surface area contributed by atoms with E-state index in [2.05, 4.69) is 15.1 Å². The molecule has 2 aliphatic carbocycles. The van der Waals surface area contributed by atoms with E-state index in [1.165, 1.54) is 10.9 Å². The molecule has 11 heteroatoms.